The lowest BCUT2D eigenvalue weighted by atomic mass is 10.3. The Bertz CT molecular complexity index is 913. The molecule has 3 aromatic carbocycles. The summed E-state index contributed by atoms with van der Waals surface area (Å²) in [6.45, 7) is 0.146. The lowest BCUT2D eigenvalue weighted by Gasteiger charge is -2.09. The minimum Gasteiger partial charge on any atom is -0.493 e. The van der Waals surface area contributed by atoms with Crippen LogP contribution in [-0.2, 0) is 9.59 Å². The Morgan fingerprint density at radius 2 is 1.28 bits per heavy atom. The molecule has 6 nitrogen and oxygen atoms in total. The molecule has 6 heteroatoms. The van der Waals surface area contributed by atoms with Crippen molar-refractivity contribution >= 4 is 17.5 Å². The van der Waals surface area contributed by atoms with Crippen LogP contribution in [0.5, 0.6) is 17.2 Å². The summed E-state index contributed by atoms with van der Waals surface area (Å²) in [6.07, 6.45) is 0.174. The maximum Gasteiger partial charge on any atom is 0.243 e. The number of benzene rings is 3. The molecule has 2 amide bonds. The van der Waals surface area contributed by atoms with E-state index in [1.54, 1.807) is 24.3 Å². The topological polar surface area (TPSA) is 76.7 Å². The highest BCUT2D eigenvalue weighted by Gasteiger charge is 2.07. The summed E-state index contributed by atoms with van der Waals surface area (Å²) in [4.78, 5) is 23.8. The molecule has 3 aromatic rings. The molecule has 0 saturated carbocycles. The quantitative estimate of drug-likeness (QED) is 0.579. The van der Waals surface area contributed by atoms with Crippen LogP contribution in [-0.4, -0.2) is 25.0 Å². The van der Waals surface area contributed by atoms with Crippen molar-refractivity contribution in [3.63, 3.8) is 0 Å². The molecule has 148 valence electrons. The van der Waals surface area contributed by atoms with Gasteiger partial charge in [0.15, 0.2) is 0 Å². The molecule has 0 aromatic heterocycles. The number of para-hydroxylation sites is 2. The van der Waals surface area contributed by atoms with Crippen molar-refractivity contribution in [3.05, 3.63) is 84.9 Å². The molecule has 0 radical (unpaired) electrons. The summed E-state index contributed by atoms with van der Waals surface area (Å²) in [5.74, 6) is 1.56. The Balaban J connectivity index is 1.36. The van der Waals surface area contributed by atoms with Crippen molar-refractivity contribution in [2.45, 2.75) is 6.42 Å². The predicted octanol–water partition coefficient (Wildman–Crippen LogP) is 4.00. The van der Waals surface area contributed by atoms with E-state index in [9.17, 15) is 9.59 Å². The van der Waals surface area contributed by atoms with Crippen molar-refractivity contribution in [2.24, 2.45) is 0 Å². The molecule has 0 bridgehead atoms. The Morgan fingerprint density at radius 3 is 1.93 bits per heavy atom. The second kappa shape index (κ2) is 10.5. The Hall–Kier alpha value is -3.80. The molecule has 0 unspecified atom stereocenters. The van der Waals surface area contributed by atoms with Gasteiger partial charge in [-0.05, 0) is 48.5 Å². The molecule has 29 heavy (non-hydrogen) atoms. The van der Waals surface area contributed by atoms with E-state index in [1.807, 2.05) is 60.7 Å². The maximum absolute atomic E-state index is 12.0. The van der Waals surface area contributed by atoms with E-state index in [-0.39, 0.29) is 31.4 Å². The molecule has 3 rings (SSSR count). The average Bonchev–Trinajstić information content (AvgIpc) is 2.75. The molecule has 0 aliphatic carbocycles. The number of hydrogen-bond acceptors (Lipinski definition) is 4. The normalized spacial score (nSPS) is 10.1. The van der Waals surface area contributed by atoms with Gasteiger partial charge in [0, 0.05) is 5.69 Å². The Morgan fingerprint density at radius 1 is 0.690 bits per heavy atom. The highest BCUT2D eigenvalue weighted by Crippen LogP contribution is 2.22. The minimum absolute atomic E-state index is 0.105. The average molecular weight is 390 g/mol. The van der Waals surface area contributed by atoms with Crippen LogP contribution in [0.4, 0.5) is 5.69 Å². The van der Waals surface area contributed by atoms with Gasteiger partial charge in [-0.1, -0.05) is 36.4 Å². The van der Waals surface area contributed by atoms with Gasteiger partial charge < -0.3 is 20.1 Å². The molecule has 0 aliphatic rings. The van der Waals surface area contributed by atoms with Crippen LogP contribution in [0, 0.1) is 0 Å². The number of anilines is 1. The van der Waals surface area contributed by atoms with Crippen LogP contribution >= 0.6 is 0 Å². The van der Waals surface area contributed by atoms with Crippen molar-refractivity contribution < 1.29 is 19.1 Å². The van der Waals surface area contributed by atoms with Gasteiger partial charge in [0.2, 0.25) is 11.8 Å². The van der Waals surface area contributed by atoms with Gasteiger partial charge in [0.1, 0.15) is 17.2 Å². The second-order valence-corrected chi connectivity index (χ2v) is 6.18. The van der Waals surface area contributed by atoms with Crippen LogP contribution in [0.25, 0.3) is 0 Å². The molecule has 0 spiro atoms. The largest absolute Gasteiger partial charge is 0.493 e. The zero-order valence-corrected chi connectivity index (χ0v) is 15.8. The van der Waals surface area contributed by atoms with Gasteiger partial charge in [-0.3, -0.25) is 9.59 Å². The molecular formula is C23H22N2O4. The van der Waals surface area contributed by atoms with Crippen LogP contribution in [0.15, 0.2) is 84.9 Å². The van der Waals surface area contributed by atoms with E-state index in [1.165, 1.54) is 0 Å². The first-order valence-electron chi connectivity index (χ1n) is 9.26. The first-order chi connectivity index (χ1) is 14.2. The molecule has 0 atom stereocenters. The monoisotopic (exact) mass is 390 g/mol. The van der Waals surface area contributed by atoms with Crippen LogP contribution in [0.1, 0.15) is 6.42 Å². The number of hydrogen-bond donors (Lipinski definition) is 2. The summed E-state index contributed by atoms with van der Waals surface area (Å²) < 4.78 is 11.2. The van der Waals surface area contributed by atoms with Crippen LogP contribution < -0.4 is 20.1 Å². The molecule has 0 saturated heterocycles. The van der Waals surface area contributed by atoms with Crippen molar-refractivity contribution in [2.75, 3.05) is 18.5 Å². The fourth-order valence-corrected chi connectivity index (χ4v) is 2.48. The number of nitrogens with one attached hydrogen (secondary N) is 2. The van der Waals surface area contributed by atoms with Gasteiger partial charge in [-0.25, -0.2) is 0 Å². The third-order valence-electron chi connectivity index (χ3n) is 3.90. The van der Waals surface area contributed by atoms with E-state index < -0.39 is 0 Å². The van der Waals surface area contributed by atoms with Gasteiger partial charge in [0.25, 0.3) is 0 Å². The lowest BCUT2D eigenvalue weighted by Crippen LogP contribution is -2.33. The van der Waals surface area contributed by atoms with Crippen molar-refractivity contribution in [1.82, 2.24) is 5.32 Å². The summed E-state index contributed by atoms with van der Waals surface area (Å²) in [5.41, 5.74) is 0.622. The summed E-state index contributed by atoms with van der Waals surface area (Å²) in [7, 11) is 0. The third kappa shape index (κ3) is 7.03. The summed E-state index contributed by atoms with van der Waals surface area (Å²) in [6, 6.07) is 25.7. The zero-order chi connectivity index (χ0) is 20.3. The van der Waals surface area contributed by atoms with Gasteiger partial charge in [-0.2, -0.15) is 0 Å². The van der Waals surface area contributed by atoms with E-state index in [0.29, 0.717) is 17.2 Å². The number of amides is 2. The third-order valence-corrected chi connectivity index (χ3v) is 3.90. The van der Waals surface area contributed by atoms with Gasteiger partial charge >= 0.3 is 0 Å². The van der Waals surface area contributed by atoms with E-state index in [2.05, 4.69) is 10.6 Å². The van der Waals surface area contributed by atoms with Crippen LogP contribution in [0.2, 0.25) is 0 Å². The fraction of sp³-hybridized carbons (Fsp3) is 0.130. The van der Waals surface area contributed by atoms with Crippen molar-refractivity contribution in [3.8, 4) is 17.2 Å². The lowest BCUT2D eigenvalue weighted by molar-refractivity contribution is -0.124. The summed E-state index contributed by atoms with van der Waals surface area (Å²) in [5, 5.41) is 5.31. The van der Waals surface area contributed by atoms with Crippen molar-refractivity contribution in [1.29, 1.82) is 0 Å². The molecule has 0 heterocycles. The van der Waals surface area contributed by atoms with Crippen LogP contribution in [0.3, 0.4) is 0 Å². The Labute approximate surface area is 169 Å². The van der Waals surface area contributed by atoms with E-state index >= 15 is 0 Å². The minimum atomic E-state index is -0.306. The fourth-order valence-electron chi connectivity index (χ4n) is 2.48. The smallest absolute Gasteiger partial charge is 0.243 e. The van der Waals surface area contributed by atoms with E-state index in [0.717, 1.165) is 5.75 Å². The second-order valence-electron chi connectivity index (χ2n) is 6.18. The molecule has 0 fully saturated rings. The number of rotatable bonds is 9. The Kier molecular flexibility index (Phi) is 7.23. The molecular weight excluding hydrogens is 368 g/mol. The van der Waals surface area contributed by atoms with Gasteiger partial charge in [0.05, 0.1) is 19.6 Å². The SMILES string of the molecule is O=C(CCOc1ccccc1)NCC(=O)Nc1ccc(Oc2ccccc2)cc1. The first kappa shape index (κ1) is 19.9. The highest BCUT2D eigenvalue weighted by atomic mass is 16.5. The van der Waals surface area contributed by atoms with E-state index in [4.69, 9.17) is 9.47 Å². The predicted molar refractivity (Wildman–Crippen MR) is 111 cm³/mol. The zero-order valence-electron chi connectivity index (χ0n) is 15.8. The molecule has 2 N–H and O–H groups in total. The standard InChI is InChI=1S/C23H22N2O4/c26-22(15-16-28-19-7-3-1-4-8-19)24-17-23(27)25-18-11-13-21(14-12-18)29-20-9-5-2-6-10-20/h1-14H,15-17H2,(H,24,26)(H,25,27). The first-order valence-corrected chi connectivity index (χ1v) is 9.26. The maximum atomic E-state index is 12.0. The summed E-state index contributed by atoms with van der Waals surface area (Å²) >= 11 is 0. The number of carbonyl (C=O) groups excluding carboxylic acids is 2. The molecule has 0 aliphatic heterocycles. The highest BCUT2D eigenvalue weighted by molar-refractivity contribution is 5.94. The number of carbonyl (C=O) groups is 2. The van der Waals surface area contributed by atoms with Gasteiger partial charge in [-0.15, -0.1) is 0 Å². The number of ether oxygens (including phenoxy) is 2.